The SMILES string of the molecule is CCOC(=O)C1=NNC2C1C[C@@H]1[C@H]2C12CC2. The zero-order valence-corrected chi connectivity index (χ0v) is 9.40. The summed E-state index contributed by atoms with van der Waals surface area (Å²) in [6, 6.07) is 0.437. The van der Waals surface area contributed by atoms with Gasteiger partial charge in [-0.1, -0.05) is 0 Å². The fourth-order valence-corrected chi connectivity index (χ4v) is 4.20. The monoisotopic (exact) mass is 220 g/mol. The molecule has 0 bridgehead atoms. The third-order valence-electron chi connectivity index (χ3n) is 5.05. The summed E-state index contributed by atoms with van der Waals surface area (Å²) >= 11 is 0. The molecule has 16 heavy (non-hydrogen) atoms. The number of rotatable bonds is 2. The fourth-order valence-electron chi connectivity index (χ4n) is 4.20. The Labute approximate surface area is 94.4 Å². The van der Waals surface area contributed by atoms with Crippen LogP contribution in [-0.2, 0) is 9.53 Å². The van der Waals surface area contributed by atoms with Crippen molar-refractivity contribution in [1.82, 2.24) is 5.43 Å². The van der Waals surface area contributed by atoms with Gasteiger partial charge in [0.25, 0.3) is 0 Å². The predicted octanol–water partition coefficient (Wildman–Crippen LogP) is 0.923. The molecule has 4 heteroatoms. The second-order valence-corrected chi connectivity index (χ2v) is 5.58. The van der Waals surface area contributed by atoms with Crippen LogP contribution in [0.2, 0.25) is 0 Å². The van der Waals surface area contributed by atoms with Crippen molar-refractivity contribution in [2.24, 2.45) is 28.3 Å². The van der Waals surface area contributed by atoms with Crippen molar-refractivity contribution in [1.29, 1.82) is 0 Å². The Balaban J connectivity index is 1.52. The minimum absolute atomic E-state index is 0.214. The summed E-state index contributed by atoms with van der Waals surface area (Å²) in [4.78, 5) is 11.7. The molecule has 3 aliphatic carbocycles. The molecule has 3 saturated carbocycles. The summed E-state index contributed by atoms with van der Waals surface area (Å²) in [6.07, 6.45) is 3.96. The van der Waals surface area contributed by atoms with E-state index in [2.05, 4.69) is 10.5 Å². The normalized spacial score (nSPS) is 44.4. The van der Waals surface area contributed by atoms with Crippen LogP contribution in [0.1, 0.15) is 26.2 Å². The highest BCUT2D eigenvalue weighted by Crippen LogP contribution is 2.81. The molecule has 3 fully saturated rings. The molecule has 4 atom stereocenters. The van der Waals surface area contributed by atoms with Crippen LogP contribution in [0.25, 0.3) is 0 Å². The van der Waals surface area contributed by atoms with Gasteiger partial charge < -0.3 is 10.2 Å². The highest BCUT2D eigenvalue weighted by molar-refractivity contribution is 6.38. The van der Waals surface area contributed by atoms with Crippen molar-refractivity contribution in [2.45, 2.75) is 32.2 Å². The second kappa shape index (κ2) is 2.60. The molecule has 1 heterocycles. The largest absolute Gasteiger partial charge is 0.461 e. The zero-order chi connectivity index (χ0) is 10.9. The molecule has 0 aromatic carbocycles. The van der Waals surface area contributed by atoms with Crippen molar-refractivity contribution in [3.8, 4) is 0 Å². The maximum atomic E-state index is 11.7. The lowest BCUT2D eigenvalue weighted by Gasteiger charge is -2.15. The second-order valence-electron chi connectivity index (χ2n) is 5.58. The Morgan fingerprint density at radius 3 is 3.12 bits per heavy atom. The quantitative estimate of drug-likeness (QED) is 0.704. The molecule has 0 aromatic heterocycles. The summed E-state index contributed by atoms with van der Waals surface area (Å²) in [7, 11) is 0. The summed E-state index contributed by atoms with van der Waals surface area (Å²) in [5, 5.41) is 4.20. The van der Waals surface area contributed by atoms with Crippen molar-refractivity contribution in [3.63, 3.8) is 0 Å². The van der Waals surface area contributed by atoms with Crippen molar-refractivity contribution in [2.75, 3.05) is 6.61 Å². The molecular weight excluding hydrogens is 204 g/mol. The van der Waals surface area contributed by atoms with Gasteiger partial charge in [0.1, 0.15) is 0 Å². The Morgan fingerprint density at radius 1 is 1.62 bits per heavy atom. The predicted molar refractivity (Wildman–Crippen MR) is 57.7 cm³/mol. The molecule has 86 valence electrons. The van der Waals surface area contributed by atoms with Gasteiger partial charge in [0, 0.05) is 5.92 Å². The molecule has 4 rings (SSSR count). The van der Waals surface area contributed by atoms with E-state index in [0.717, 1.165) is 18.3 Å². The Bertz CT molecular complexity index is 400. The molecule has 4 aliphatic rings. The molecule has 1 N–H and O–H groups in total. The van der Waals surface area contributed by atoms with Gasteiger partial charge in [0.15, 0.2) is 5.71 Å². The third kappa shape index (κ3) is 0.874. The number of hydrogen-bond acceptors (Lipinski definition) is 4. The molecule has 1 aliphatic heterocycles. The third-order valence-corrected chi connectivity index (χ3v) is 5.05. The first-order valence-corrected chi connectivity index (χ1v) is 6.28. The average Bonchev–Trinajstić information content (AvgIpc) is 3.03. The van der Waals surface area contributed by atoms with Gasteiger partial charge in [-0.05, 0) is 43.4 Å². The van der Waals surface area contributed by atoms with Gasteiger partial charge in [-0.15, -0.1) is 0 Å². The van der Waals surface area contributed by atoms with Crippen LogP contribution < -0.4 is 5.43 Å². The van der Waals surface area contributed by atoms with Crippen LogP contribution in [0.3, 0.4) is 0 Å². The van der Waals surface area contributed by atoms with E-state index >= 15 is 0 Å². The number of hydrazone groups is 1. The van der Waals surface area contributed by atoms with Gasteiger partial charge >= 0.3 is 5.97 Å². The number of nitrogens with zero attached hydrogens (tertiary/aromatic N) is 1. The van der Waals surface area contributed by atoms with E-state index in [1.807, 2.05) is 6.92 Å². The van der Waals surface area contributed by atoms with Crippen LogP contribution in [0.4, 0.5) is 0 Å². The number of fused-ring (bicyclic) bond motifs is 5. The summed E-state index contributed by atoms with van der Waals surface area (Å²) in [5.74, 6) is 1.79. The molecule has 1 spiro atoms. The highest BCUT2D eigenvalue weighted by Gasteiger charge is 2.78. The van der Waals surface area contributed by atoms with Crippen molar-refractivity contribution < 1.29 is 9.53 Å². The highest BCUT2D eigenvalue weighted by atomic mass is 16.5. The number of esters is 1. The van der Waals surface area contributed by atoms with E-state index in [0.29, 0.717) is 29.7 Å². The molecule has 0 amide bonds. The molecule has 2 unspecified atom stereocenters. The number of ether oxygens (including phenoxy) is 1. The lowest BCUT2D eigenvalue weighted by molar-refractivity contribution is -0.135. The average molecular weight is 220 g/mol. The van der Waals surface area contributed by atoms with Crippen LogP contribution >= 0.6 is 0 Å². The first-order chi connectivity index (χ1) is 7.78. The number of carbonyl (C=O) groups is 1. The van der Waals surface area contributed by atoms with E-state index in [1.54, 1.807) is 0 Å². The van der Waals surface area contributed by atoms with Gasteiger partial charge in [0.2, 0.25) is 0 Å². The first-order valence-electron chi connectivity index (χ1n) is 6.28. The van der Waals surface area contributed by atoms with Gasteiger partial charge in [0.05, 0.1) is 12.6 Å². The summed E-state index contributed by atoms with van der Waals surface area (Å²) in [5.41, 5.74) is 4.52. The molecular formula is C12H16N2O2. The van der Waals surface area contributed by atoms with E-state index < -0.39 is 0 Å². The fraction of sp³-hybridized carbons (Fsp3) is 0.833. The zero-order valence-electron chi connectivity index (χ0n) is 9.40. The molecule has 0 saturated heterocycles. The number of hydrogen-bond donors (Lipinski definition) is 1. The summed E-state index contributed by atoms with van der Waals surface area (Å²) < 4.78 is 5.04. The van der Waals surface area contributed by atoms with Crippen LogP contribution in [0, 0.1) is 23.2 Å². The van der Waals surface area contributed by atoms with Crippen LogP contribution in [-0.4, -0.2) is 24.3 Å². The van der Waals surface area contributed by atoms with Crippen molar-refractivity contribution >= 4 is 11.7 Å². The van der Waals surface area contributed by atoms with Crippen LogP contribution in [0.5, 0.6) is 0 Å². The first kappa shape index (κ1) is 9.02. The topological polar surface area (TPSA) is 50.7 Å². The van der Waals surface area contributed by atoms with Crippen LogP contribution in [0.15, 0.2) is 5.10 Å². The number of carbonyl (C=O) groups excluding carboxylic acids is 1. The maximum absolute atomic E-state index is 11.7. The Hall–Kier alpha value is -1.06. The Morgan fingerprint density at radius 2 is 2.44 bits per heavy atom. The number of nitrogens with one attached hydrogen (secondary N) is 1. The van der Waals surface area contributed by atoms with E-state index in [4.69, 9.17) is 4.74 Å². The molecule has 0 aromatic rings. The van der Waals surface area contributed by atoms with Gasteiger partial charge in [-0.25, -0.2) is 4.79 Å². The summed E-state index contributed by atoms with van der Waals surface area (Å²) in [6.45, 7) is 2.27. The minimum Gasteiger partial charge on any atom is -0.461 e. The standard InChI is InChI=1S/C12H16N2O2/c1-2-16-11(15)10-6-5-7-8(9(6)13-14-10)12(7)3-4-12/h6-9,13H,2-5H2,1H3/t6?,7-,8-,9?/m1/s1. The maximum Gasteiger partial charge on any atom is 0.354 e. The van der Waals surface area contributed by atoms with E-state index in [-0.39, 0.29) is 5.97 Å². The smallest absolute Gasteiger partial charge is 0.354 e. The van der Waals surface area contributed by atoms with E-state index in [1.165, 1.54) is 12.8 Å². The lowest BCUT2D eigenvalue weighted by atomic mass is 9.91. The van der Waals surface area contributed by atoms with Gasteiger partial charge in [-0.2, -0.15) is 5.10 Å². The minimum atomic E-state index is -0.214. The molecule has 4 nitrogen and oxygen atoms in total. The molecule has 0 radical (unpaired) electrons. The van der Waals surface area contributed by atoms with E-state index in [9.17, 15) is 4.79 Å². The Kier molecular flexibility index (Phi) is 1.47. The van der Waals surface area contributed by atoms with Gasteiger partial charge in [-0.3, -0.25) is 0 Å². The van der Waals surface area contributed by atoms with Crippen molar-refractivity contribution in [3.05, 3.63) is 0 Å². The lowest BCUT2D eigenvalue weighted by Crippen LogP contribution is -2.32.